The first-order valence-electron chi connectivity index (χ1n) is 5.33. The highest BCUT2D eigenvalue weighted by molar-refractivity contribution is 5.54. The first-order chi connectivity index (χ1) is 8.97. The molecule has 8 heteroatoms. The molecule has 0 radical (unpaired) electrons. The van der Waals surface area contributed by atoms with Crippen LogP contribution in [0.25, 0.3) is 0 Å². The van der Waals surface area contributed by atoms with E-state index in [1.165, 1.54) is 24.0 Å². The number of nitrogens with one attached hydrogen (secondary N) is 1. The van der Waals surface area contributed by atoms with Crippen LogP contribution in [0.3, 0.4) is 0 Å². The van der Waals surface area contributed by atoms with Crippen molar-refractivity contribution < 1.29 is 13.7 Å². The number of rotatable bonds is 4. The molecule has 1 aromatic heterocycles. The smallest absolute Gasteiger partial charge is 0.330 e. The average Bonchev–Trinajstić information content (AvgIpc) is 2.69. The summed E-state index contributed by atoms with van der Waals surface area (Å²) in [6, 6.07) is 3.14. The molecule has 0 saturated heterocycles. The van der Waals surface area contributed by atoms with Gasteiger partial charge in [-0.1, -0.05) is 6.07 Å². The van der Waals surface area contributed by atoms with Gasteiger partial charge in [0.2, 0.25) is 5.82 Å². The summed E-state index contributed by atoms with van der Waals surface area (Å²) < 4.78 is 27.4. The van der Waals surface area contributed by atoms with Gasteiger partial charge in [-0.15, -0.1) is 5.10 Å². The third-order valence-corrected chi connectivity index (χ3v) is 2.47. The summed E-state index contributed by atoms with van der Waals surface area (Å²) in [6.07, 6.45) is 1.24. The fourth-order valence-corrected chi connectivity index (χ4v) is 1.58. The van der Waals surface area contributed by atoms with E-state index in [2.05, 4.69) is 10.4 Å². The van der Waals surface area contributed by atoms with Crippen LogP contribution in [-0.2, 0) is 13.6 Å². The van der Waals surface area contributed by atoms with E-state index in [9.17, 15) is 18.9 Å². The highest BCUT2D eigenvalue weighted by Crippen LogP contribution is 2.22. The molecule has 1 heterocycles. The van der Waals surface area contributed by atoms with Crippen LogP contribution < -0.4 is 5.32 Å². The molecular weight excluding hydrogens is 258 g/mol. The third-order valence-electron chi connectivity index (χ3n) is 2.47. The van der Waals surface area contributed by atoms with Crippen LogP contribution in [0.4, 0.5) is 20.3 Å². The van der Waals surface area contributed by atoms with Crippen LogP contribution in [0.1, 0.15) is 5.56 Å². The van der Waals surface area contributed by atoms with Crippen molar-refractivity contribution in [3.63, 3.8) is 0 Å². The van der Waals surface area contributed by atoms with E-state index < -0.39 is 16.6 Å². The summed E-state index contributed by atoms with van der Waals surface area (Å²) in [7, 11) is 1.54. The Morgan fingerprint density at radius 3 is 2.84 bits per heavy atom. The molecule has 0 spiro atoms. The van der Waals surface area contributed by atoms with Crippen LogP contribution in [0, 0.1) is 21.7 Å². The van der Waals surface area contributed by atoms with Crippen LogP contribution in [-0.4, -0.2) is 14.7 Å². The van der Waals surface area contributed by atoms with Crippen LogP contribution in [0.15, 0.2) is 24.4 Å². The summed E-state index contributed by atoms with van der Waals surface area (Å²) in [5, 5.41) is 17.3. The standard InChI is InChI=1S/C11H10F2N4O2/c1-16-6-10(17(18)19)11(15-16)14-5-7-2-3-8(12)4-9(7)13/h2-4,6H,5H2,1H3,(H,14,15). The zero-order chi connectivity index (χ0) is 14.0. The molecule has 0 fully saturated rings. The molecular formula is C11H10F2N4O2. The van der Waals surface area contributed by atoms with Gasteiger partial charge in [0, 0.05) is 25.2 Å². The van der Waals surface area contributed by atoms with E-state index in [1.807, 2.05) is 0 Å². The van der Waals surface area contributed by atoms with Gasteiger partial charge in [-0.05, 0) is 6.07 Å². The molecule has 0 aliphatic carbocycles. The number of halogens is 2. The lowest BCUT2D eigenvalue weighted by Gasteiger charge is -2.04. The minimum atomic E-state index is -0.717. The Kier molecular flexibility index (Phi) is 3.41. The summed E-state index contributed by atoms with van der Waals surface area (Å²) >= 11 is 0. The maximum Gasteiger partial charge on any atom is 0.330 e. The lowest BCUT2D eigenvalue weighted by atomic mass is 10.2. The lowest BCUT2D eigenvalue weighted by Crippen LogP contribution is -2.04. The van der Waals surface area contributed by atoms with E-state index in [0.717, 1.165) is 12.1 Å². The van der Waals surface area contributed by atoms with Gasteiger partial charge in [0.25, 0.3) is 0 Å². The van der Waals surface area contributed by atoms with Crippen molar-refractivity contribution in [2.75, 3.05) is 5.32 Å². The predicted octanol–water partition coefficient (Wildman–Crippen LogP) is 2.22. The van der Waals surface area contributed by atoms with Crippen LogP contribution in [0.5, 0.6) is 0 Å². The van der Waals surface area contributed by atoms with Crippen molar-refractivity contribution >= 4 is 11.5 Å². The second-order valence-corrected chi connectivity index (χ2v) is 3.88. The van der Waals surface area contributed by atoms with E-state index in [4.69, 9.17) is 0 Å². The van der Waals surface area contributed by atoms with Gasteiger partial charge in [-0.3, -0.25) is 14.8 Å². The molecule has 0 aliphatic heterocycles. The minimum Gasteiger partial charge on any atom is -0.359 e. The van der Waals surface area contributed by atoms with Gasteiger partial charge in [-0.25, -0.2) is 8.78 Å². The first kappa shape index (κ1) is 12.9. The Balaban J connectivity index is 2.16. The largest absolute Gasteiger partial charge is 0.359 e. The second-order valence-electron chi connectivity index (χ2n) is 3.88. The van der Waals surface area contributed by atoms with Gasteiger partial charge in [0.15, 0.2) is 0 Å². The van der Waals surface area contributed by atoms with E-state index in [1.54, 1.807) is 0 Å². The molecule has 0 bridgehead atoms. The molecule has 100 valence electrons. The van der Waals surface area contributed by atoms with E-state index >= 15 is 0 Å². The zero-order valence-electron chi connectivity index (χ0n) is 9.93. The molecule has 19 heavy (non-hydrogen) atoms. The highest BCUT2D eigenvalue weighted by atomic mass is 19.1. The molecule has 0 aliphatic rings. The van der Waals surface area contributed by atoms with Crippen molar-refractivity contribution in [2.24, 2.45) is 7.05 Å². The van der Waals surface area contributed by atoms with Crippen molar-refractivity contribution in [1.29, 1.82) is 0 Å². The van der Waals surface area contributed by atoms with Crippen LogP contribution >= 0.6 is 0 Å². The predicted molar refractivity (Wildman–Crippen MR) is 63.5 cm³/mol. The zero-order valence-corrected chi connectivity index (χ0v) is 9.93. The Bertz CT molecular complexity index is 627. The number of aromatic nitrogens is 2. The molecule has 0 unspecified atom stereocenters. The molecule has 1 aromatic carbocycles. The average molecular weight is 268 g/mol. The SMILES string of the molecule is Cn1cc([N+](=O)[O-])c(NCc2ccc(F)cc2F)n1. The van der Waals surface area contributed by atoms with Gasteiger partial charge in [0.1, 0.15) is 17.8 Å². The van der Waals surface area contributed by atoms with Gasteiger partial charge in [-0.2, -0.15) is 0 Å². The van der Waals surface area contributed by atoms with Crippen molar-refractivity contribution in [1.82, 2.24) is 9.78 Å². The van der Waals surface area contributed by atoms with E-state index in [-0.39, 0.29) is 23.6 Å². The summed E-state index contributed by atoms with van der Waals surface area (Å²) in [5.74, 6) is -1.35. The number of nitro groups is 1. The number of nitrogens with zero attached hydrogens (tertiary/aromatic N) is 3. The quantitative estimate of drug-likeness (QED) is 0.681. The number of anilines is 1. The fraction of sp³-hybridized carbons (Fsp3) is 0.182. The molecule has 0 amide bonds. The maximum absolute atomic E-state index is 13.4. The molecule has 2 rings (SSSR count). The van der Waals surface area contributed by atoms with Gasteiger partial charge < -0.3 is 5.32 Å². The maximum atomic E-state index is 13.4. The molecule has 0 atom stereocenters. The normalized spacial score (nSPS) is 10.5. The number of hydrogen-bond donors (Lipinski definition) is 1. The third kappa shape index (κ3) is 2.84. The minimum absolute atomic E-state index is 0.0238. The molecule has 2 aromatic rings. The first-order valence-corrected chi connectivity index (χ1v) is 5.33. The summed E-state index contributed by atoms with van der Waals surface area (Å²) in [5.41, 5.74) is -0.00799. The number of hydrogen-bond acceptors (Lipinski definition) is 4. The Labute approximate surface area is 106 Å². The summed E-state index contributed by atoms with van der Waals surface area (Å²) in [4.78, 5) is 10.2. The second kappa shape index (κ2) is 5.01. The fourth-order valence-electron chi connectivity index (χ4n) is 1.58. The monoisotopic (exact) mass is 268 g/mol. The Hall–Kier alpha value is -2.51. The molecule has 0 saturated carbocycles. The number of aryl methyl sites for hydroxylation is 1. The lowest BCUT2D eigenvalue weighted by molar-refractivity contribution is -0.384. The van der Waals surface area contributed by atoms with Crippen LogP contribution in [0.2, 0.25) is 0 Å². The van der Waals surface area contributed by atoms with Gasteiger partial charge in [0.05, 0.1) is 4.92 Å². The highest BCUT2D eigenvalue weighted by Gasteiger charge is 2.18. The Morgan fingerprint density at radius 1 is 1.47 bits per heavy atom. The number of benzene rings is 1. The Morgan fingerprint density at radius 2 is 2.21 bits per heavy atom. The molecule has 1 N–H and O–H groups in total. The van der Waals surface area contributed by atoms with Crippen molar-refractivity contribution in [2.45, 2.75) is 6.54 Å². The van der Waals surface area contributed by atoms with Gasteiger partial charge >= 0.3 is 5.69 Å². The topological polar surface area (TPSA) is 73.0 Å². The van der Waals surface area contributed by atoms with E-state index in [0.29, 0.717) is 0 Å². The molecule has 6 nitrogen and oxygen atoms in total. The van der Waals surface area contributed by atoms with Crippen molar-refractivity contribution in [3.8, 4) is 0 Å². The van der Waals surface area contributed by atoms with Crippen molar-refractivity contribution in [3.05, 3.63) is 51.7 Å². The summed E-state index contributed by atoms with van der Waals surface area (Å²) in [6.45, 7) is -0.0238.